The number of rotatable bonds is 1. The van der Waals surface area contributed by atoms with Gasteiger partial charge >= 0.3 is 0 Å². The molecule has 70 valence electrons. The van der Waals surface area contributed by atoms with Gasteiger partial charge in [0, 0.05) is 23.3 Å². The molecule has 0 unspecified atom stereocenters. The summed E-state index contributed by atoms with van der Waals surface area (Å²) < 4.78 is 1.11. The molecule has 0 radical (unpaired) electrons. The van der Waals surface area contributed by atoms with Gasteiger partial charge in [-0.25, -0.2) is 0 Å². The fraction of sp³-hybridized carbons (Fsp3) is 0.0833. The summed E-state index contributed by atoms with van der Waals surface area (Å²) in [6, 6.07) is 8.25. The predicted molar refractivity (Wildman–Crippen MR) is 64.3 cm³/mol. The zero-order valence-electron chi connectivity index (χ0n) is 7.87. The van der Waals surface area contributed by atoms with Crippen LogP contribution in [0.15, 0.2) is 41.1 Å². The van der Waals surface area contributed by atoms with Crippen molar-refractivity contribution in [2.24, 2.45) is 0 Å². The van der Waals surface area contributed by atoms with Crippen LogP contribution in [0.3, 0.4) is 0 Å². The monoisotopic (exact) mass is 247 g/mol. The molecule has 0 atom stereocenters. The van der Waals surface area contributed by atoms with E-state index in [2.05, 4.69) is 39.1 Å². The second kappa shape index (κ2) is 3.93. The molecular formula is C12H10BrN. The quantitative estimate of drug-likeness (QED) is 0.743. The fourth-order valence-corrected chi connectivity index (χ4v) is 1.72. The number of nitrogens with zero attached hydrogens (tertiary/aromatic N) is 1. The minimum absolute atomic E-state index is 1.11. The smallest absolute Gasteiger partial charge is 0.0347 e. The first-order valence-electron chi connectivity index (χ1n) is 4.44. The lowest BCUT2D eigenvalue weighted by Gasteiger charge is -2.00. The molecule has 0 amide bonds. The first-order valence-corrected chi connectivity index (χ1v) is 5.23. The lowest BCUT2D eigenvalue weighted by atomic mass is 10.1. The molecule has 2 heteroatoms. The molecule has 1 heterocycles. The van der Waals surface area contributed by atoms with E-state index >= 15 is 0 Å². The van der Waals surface area contributed by atoms with E-state index in [0.717, 1.165) is 10.0 Å². The molecule has 0 spiro atoms. The van der Waals surface area contributed by atoms with Gasteiger partial charge in [0.2, 0.25) is 0 Å². The van der Waals surface area contributed by atoms with Crippen LogP contribution >= 0.6 is 15.9 Å². The highest BCUT2D eigenvalue weighted by Crippen LogP contribution is 2.20. The Hall–Kier alpha value is -1.15. The molecule has 1 aromatic heterocycles. The summed E-state index contributed by atoms with van der Waals surface area (Å²) in [4.78, 5) is 4.20. The Morgan fingerprint density at radius 1 is 1.29 bits per heavy atom. The largest absolute Gasteiger partial charge is 0.263 e. The minimum atomic E-state index is 1.11. The Bertz CT molecular complexity index is 479. The third-order valence-corrected chi connectivity index (χ3v) is 2.28. The number of pyridine rings is 1. The number of halogens is 1. The van der Waals surface area contributed by atoms with Gasteiger partial charge in [0.05, 0.1) is 0 Å². The van der Waals surface area contributed by atoms with Crippen LogP contribution in [0.1, 0.15) is 12.5 Å². The fourth-order valence-electron chi connectivity index (χ4n) is 1.47. The van der Waals surface area contributed by atoms with E-state index in [1.807, 2.05) is 31.5 Å². The maximum Gasteiger partial charge on any atom is 0.0347 e. The molecule has 0 saturated heterocycles. The summed E-state index contributed by atoms with van der Waals surface area (Å²) in [7, 11) is 0. The molecular weight excluding hydrogens is 238 g/mol. The summed E-state index contributed by atoms with van der Waals surface area (Å²) in [6.45, 7) is 2.02. The molecule has 1 nitrogen and oxygen atoms in total. The number of hydrogen-bond donors (Lipinski definition) is 0. The maximum atomic E-state index is 4.20. The summed E-state index contributed by atoms with van der Waals surface area (Å²) in [5, 5.41) is 2.41. The van der Waals surface area contributed by atoms with Crippen molar-refractivity contribution < 1.29 is 0 Å². The normalized spacial score (nSPS) is 12.0. The van der Waals surface area contributed by atoms with E-state index in [-0.39, 0.29) is 0 Å². The Morgan fingerprint density at radius 2 is 2.07 bits per heavy atom. The Balaban J connectivity index is 2.71. The molecule has 14 heavy (non-hydrogen) atoms. The number of fused-ring (bicyclic) bond motifs is 1. The van der Waals surface area contributed by atoms with Gasteiger partial charge in [-0.15, -0.1) is 0 Å². The van der Waals surface area contributed by atoms with E-state index in [1.165, 1.54) is 10.8 Å². The highest BCUT2D eigenvalue weighted by Gasteiger charge is 1.97. The first kappa shape index (κ1) is 9.41. The SMILES string of the molecule is C/C(Br)=C/c1cncc2ccccc12. The van der Waals surface area contributed by atoms with Crippen molar-refractivity contribution in [2.75, 3.05) is 0 Å². The van der Waals surface area contributed by atoms with Gasteiger partial charge in [-0.2, -0.15) is 0 Å². The number of allylic oxidation sites excluding steroid dienone is 1. The molecule has 1 aromatic carbocycles. The van der Waals surface area contributed by atoms with E-state index < -0.39 is 0 Å². The number of benzene rings is 1. The average Bonchev–Trinajstić information content (AvgIpc) is 2.18. The van der Waals surface area contributed by atoms with Crippen LogP contribution in [0.4, 0.5) is 0 Å². The van der Waals surface area contributed by atoms with Gasteiger partial charge < -0.3 is 0 Å². The van der Waals surface area contributed by atoms with Gasteiger partial charge in [-0.3, -0.25) is 4.98 Å². The highest BCUT2D eigenvalue weighted by atomic mass is 79.9. The van der Waals surface area contributed by atoms with Crippen LogP contribution in [0.2, 0.25) is 0 Å². The van der Waals surface area contributed by atoms with Crippen LogP contribution in [-0.2, 0) is 0 Å². The van der Waals surface area contributed by atoms with Crippen molar-refractivity contribution in [3.63, 3.8) is 0 Å². The predicted octanol–water partition coefficient (Wildman–Crippen LogP) is 3.99. The van der Waals surface area contributed by atoms with Crippen LogP contribution in [0.5, 0.6) is 0 Å². The summed E-state index contributed by atoms with van der Waals surface area (Å²) in [5.41, 5.74) is 1.15. The van der Waals surface area contributed by atoms with Crippen LogP contribution in [-0.4, -0.2) is 4.98 Å². The molecule has 0 N–H and O–H groups in total. The zero-order valence-corrected chi connectivity index (χ0v) is 9.45. The van der Waals surface area contributed by atoms with Crippen molar-refractivity contribution in [3.05, 3.63) is 46.7 Å². The van der Waals surface area contributed by atoms with Gasteiger partial charge in [-0.1, -0.05) is 40.2 Å². The Morgan fingerprint density at radius 3 is 2.86 bits per heavy atom. The van der Waals surface area contributed by atoms with Crippen molar-refractivity contribution in [1.82, 2.24) is 4.98 Å². The van der Waals surface area contributed by atoms with Crippen LogP contribution in [0, 0.1) is 0 Å². The standard InChI is InChI=1S/C12H10BrN/c1-9(13)6-11-8-14-7-10-4-2-3-5-12(10)11/h2-8H,1H3/b9-6-. The van der Waals surface area contributed by atoms with Crippen molar-refractivity contribution in [3.8, 4) is 0 Å². The topological polar surface area (TPSA) is 12.9 Å². The molecule has 0 aliphatic carbocycles. The van der Waals surface area contributed by atoms with Crippen LogP contribution < -0.4 is 0 Å². The second-order valence-corrected chi connectivity index (χ2v) is 4.43. The molecule has 0 fully saturated rings. The molecule has 2 rings (SSSR count). The Labute approximate surface area is 91.6 Å². The van der Waals surface area contributed by atoms with E-state index in [9.17, 15) is 0 Å². The van der Waals surface area contributed by atoms with Crippen molar-refractivity contribution >= 4 is 32.8 Å². The van der Waals surface area contributed by atoms with Gasteiger partial charge in [0.25, 0.3) is 0 Å². The Kier molecular flexibility index (Phi) is 2.64. The lowest BCUT2D eigenvalue weighted by molar-refractivity contribution is 1.35. The van der Waals surface area contributed by atoms with E-state index in [0.29, 0.717) is 0 Å². The minimum Gasteiger partial charge on any atom is -0.263 e. The maximum absolute atomic E-state index is 4.20. The first-order chi connectivity index (χ1) is 6.77. The second-order valence-electron chi connectivity index (χ2n) is 3.18. The molecule has 0 aliphatic heterocycles. The number of aromatic nitrogens is 1. The highest BCUT2D eigenvalue weighted by molar-refractivity contribution is 9.11. The summed E-state index contributed by atoms with van der Waals surface area (Å²) >= 11 is 3.43. The summed E-state index contributed by atoms with van der Waals surface area (Å²) in [5.74, 6) is 0. The van der Waals surface area contributed by atoms with Crippen molar-refractivity contribution in [1.29, 1.82) is 0 Å². The molecule has 0 aliphatic rings. The van der Waals surface area contributed by atoms with E-state index in [1.54, 1.807) is 0 Å². The van der Waals surface area contributed by atoms with Gasteiger partial charge in [0.15, 0.2) is 0 Å². The van der Waals surface area contributed by atoms with Gasteiger partial charge in [0.1, 0.15) is 0 Å². The molecule has 0 bridgehead atoms. The van der Waals surface area contributed by atoms with Gasteiger partial charge in [-0.05, 0) is 22.9 Å². The lowest BCUT2D eigenvalue weighted by Crippen LogP contribution is -1.80. The zero-order chi connectivity index (χ0) is 9.97. The summed E-state index contributed by atoms with van der Waals surface area (Å²) in [6.07, 6.45) is 5.85. The third kappa shape index (κ3) is 1.85. The molecule has 0 saturated carbocycles. The van der Waals surface area contributed by atoms with Crippen LogP contribution in [0.25, 0.3) is 16.8 Å². The third-order valence-electron chi connectivity index (χ3n) is 2.05. The molecule has 2 aromatic rings. The average molecular weight is 248 g/mol. The van der Waals surface area contributed by atoms with Crippen molar-refractivity contribution in [2.45, 2.75) is 6.92 Å². The van der Waals surface area contributed by atoms with E-state index in [4.69, 9.17) is 0 Å². The number of hydrogen-bond acceptors (Lipinski definition) is 1.